The first-order chi connectivity index (χ1) is 9.16. The fourth-order valence-corrected chi connectivity index (χ4v) is 1.74. The van der Waals surface area contributed by atoms with Crippen LogP contribution in [0.5, 0.6) is 0 Å². The van der Waals surface area contributed by atoms with Crippen LogP contribution in [0.2, 0.25) is 0 Å². The zero-order chi connectivity index (χ0) is 13.7. The highest BCUT2D eigenvalue weighted by Gasteiger charge is 2.05. The van der Waals surface area contributed by atoms with Gasteiger partial charge in [0, 0.05) is 18.3 Å². The molecule has 0 radical (unpaired) electrons. The van der Waals surface area contributed by atoms with Crippen molar-refractivity contribution in [2.45, 2.75) is 20.0 Å². The lowest BCUT2D eigenvalue weighted by molar-refractivity contribution is -0.117. The van der Waals surface area contributed by atoms with E-state index >= 15 is 0 Å². The largest absolute Gasteiger partial charge is 0.347 e. The number of nitrogens with zero attached hydrogens (tertiary/aromatic N) is 2. The summed E-state index contributed by atoms with van der Waals surface area (Å²) in [5.74, 6) is -0.132. The molecule has 1 heterocycles. The quantitative estimate of drug-likeness (QED) is 0.832. The summed E-state index contributed by atoms with van der Waals surface area (Å²) in [7, 11) is 0. The maximum atomic E-state index is 11.5. The van der Waals surface area contributed by atoms with Crippen LogP contribution in [0.3, 0.4) is 0 Å². The highest BCUT2D eigenvalue weighted by molar-refractivity contribution is 5.91. The number of aromatic nitrogens is 2. The highest BCUT2D eigenvalue weighted by atomic mass is 16.1. The third kappa shape index (κ3) is 3.55. The minimum Gasteiger partial charge on any atom is -0.347 e. The summed E-state index contributed by atoms with van der Waals surface area (Å²) in [4.78, 5) is 15.6. The van der Waals surface area contributed by atoms with Crippen molar-refractivity contribution in [1.82, 2.24) is 14.9 Å². The second-order valence-electron chi connectivity index (χ2n) is 4.46. The van der Waals surface area contributed by atoms with E-state index in [0.717, 1.165) is 12.2 Å². The van der Waals surface area contributed by atoms with E-state index < -0.39 is 0 Å². The van der Waals surface area contributed by atoms with Crippen LogP contribution in [0, 0.1) is 0 Å². The number of rotatable bonds is 5. The Morgan fingerprint density at radius 3 is 2.79 bits per heavy atom. The van der Waals surface area contributed by atoms with Crippen molar-refractivity contribution >= 4 is 5.91 Å². The summed E-state index contributed by atoms with van der Waals surface area (Å²) in [5.41, 5.74) is 2.68. The summed E-state index contributed by atoms with van der Waals surface area (Å²) >= 11 is 0. The topological polar surface area (TPSA) is 46.9 Å². The molecule has 0 saturated heterocycles. The Kier molecular flexibility index (Phi) is 4.13. The molecule has 0 aliphatic carbocycles. The molecule has 19 heavy (non-hydrogen) atoms. The monoisotopic (exact) mass is 255 g/mol. The Morgan fingerprint density at radius 1 is 1.37 bits per heavy atom. The Bertz CT molecular complexity index is 572. The fourth-order valence-electron chi connectivity index (χ4n) is 1.74. The van der Waals surface area contributed by atoms with Gasteiger partial charge in [-0.3, -0.25) is 4.79 Å². The van der Waals surface area contributed by atoms with Gasteiger partial charge >= 0.3 is 0 Å². The Balaban J connectivity index is 2.02. The fraction of sp³-hybridized carbons (Fsp3) is 0.200. The second-order valence-corrected chi connectivity index (χ2v) is 4.46. The summed E-state index contributed by atoms with van der Waals surface area (Å²) in [6.45, 7) is 6.51. The van der Waals surface area contributed by atoms with Crippen LogP contribution in [-0.2, 0) is 17.9 Å². The number of hydrogen-bond donors (Lipinski definition) is 1. The Hall–Kier alpha value is -2.36. The first-order valence-corrected chi connectivity index (χ1v) is 6.13. The molecule has 0 bridgehead atoms. The average molecular weight is 255 g/mol. The van der Waals surface area contributed by atoms with Gasteiger partial charge in [-0.1, -0.05) is 36.9 Å². The van der Waals surface area contributed by atoms with Gasteiger partial charge in [-0.15, -0.1) is 0 Å². The van der Waals surface area contributed by atoms with E-state index in [1.165, 1.54) is 5.56 Å². The van der Waals surface area contributed by atoms with Crippen LogP contribution in [0.25, 0.3) is 0 Å². The minimum absolute atomic E-state index is 0.132. The van der Waals surface area contributed by atoms with E-state index in [2.05, 4.69) is 29.0 Å². The second kappa shape index (κ2) is 6.00. The van der Waals surface area contributed by atoms with Crippen LogP contribution in [-0.4, -0.2) is 15.5 Å². The molecule has 0 saturated carbocycles. The van der Waals surface area contributed by atoms with Crippen LogP contribution in [0.4, 0.5) is 0 Å². The van der Waals surface area contributed by atoms with Gasteiger partial charge in [-0.2, -0.15) is 0 Å². The smallest absolute Gasteiger partial charge is 0.246 e. The zero-order valence-electron chi connectivity index (χ0n) is 11.0. The number of nitrogens with one attached hydrogen (secondary N) is 1. The van der Waals surface area contributed by atoms with Gasteiger partial charge in [0.25, 0.3) is 0 Å². The molecule has 1 aromatic heterocycles. The first kappa shape index (κ1) is 13.1. The van der Waals surface area contributed by atoms with Crippen LogP contribution in [0.1, 0.15) is 18.2 Å². The molecule has 98 valence electrons. The van der Waals surface area contributed by atoms with E-state index in [-0.39, 0.29) is 5.91 Å². The molecule has 0 atom stereocenters. The number of amides is 1. The lowest BCUT2D eigenvalue weighted by atomic mass is 10.2. The van der Waals surface area contributed by atoms with Gasteiger partial charge < -0.3 is 9.88 Å². The number of benzene rings is 1. The van der Waals surface area contributed by atoms with E-state index in [0.29, 0.717) is 12.1 Å². The number of hydrogen-bond acceptors (Lipinski definition) is 2. The normalized spacial score (nSPS) is 10.2. The van der Waals surface area contributed by atoms with Crippen molar-refractivity contribution in [3.8, 4) is 0 Å². The third-order valence-corrected chi connectivity index (χ3v) is 2.81. The Labute approximate surface area is 112 Å². The van der Waals surface area contributed by atoms with Crippen LogP contribution >= 0.6 is 0 Å². The summed E-state index contributed by atoms with van der Waals surface area (Å²) in [6.07, 6.45) is 3.54. The van der Waals surface area contributed by atoms with Crippen molar-refractivity contribution < 1.29 is 4.79 Å². The number of carbonyl (C=O) groups excluding carboxylic acids is 1. The molecular weight excluding hydrogens is 238 g/mol. The van der Waals surface area contributed by atoms with Crippen LogP contribution in [0.15, 0.2) is 55.0 Å². The zero-order valence-corrected chi connectivity index (χ0v) is 11.0. The molecule has 0 aliphatic rings. The summed E-state index contributed by atoms with van der Waals surface area (Å²) in [5, 5.41) is 2.81. The summed E-state index contributed by atoms with van der Waals surface area (Å²) < 4.78 is 2.02. The van der Waals surface area contributed by atoms with Crippen molar-refractivity contribution in [3.05, 3.63) is 66.3 Å². The average Bonchev–Trinajstić information content (AvgIpc) is 2.84. The molecule has 2 rings (SSSR count). The van der Waals surface area contributed by atoms with Gasteiger partial charge in [0.2, 0.25) is 5.91 Å². The first-order valence-electron chi connectivity index (χ1n) is 6.13. The molecule has 4 nitrogen and oxygen atoms in total. The van der Waals surface area contributed by atoms with E-state index in [1.54, 1.807) is 19.4 Å². The Morgan fingerprint density at radius 2 is 2.11 bits per heavy atom. The van der Waals surface area contributed by atoms with E-state index in [9.17, 15) is 4.79 Å². The molecular formula is C15H17N3O. The lowest BCUT2D eigenvalue weighted by Gasteiger charge is -2.09. The van der Waals surface area contributed by atoms with Gasteiger partial charge in [-0.05, 0) is 12.5 Å². The van der Waals surface area contributed by atoms with Gasteiger partial charge in [0.1, 0.15) is 0 Å². The molecule has 0 spiro atoms. The minimum atomic E-state index is -0.132. The van der Waals surface area contributed by atoms with Crippen molar-refractivity contribution in [2.75, 3.05) is 0 Å². The van der Waals surface area contributed by atoms with E-state index in [4.69, 9.17) is 0 Å². The number of carbonyl (C=O) groups is 1. The predicted octanol–water partition coefficient (Wildman–Crippen LogP) is 2.12. The van der Waals surface area contributed by atoms with E-state index in [1.807, 2.05) is 22.8 Å². The summed E-state index contributed by atoms with van der Waals surface area (Å²) in [6, 6.07) is 10.1. The van der Waals surface area contributed by atoms with Crippen LogP contribution < -0.4 is 5.32 Å². The maximum Gasteiger partial charge on any atom is 0.246 e. The molecule has 2 aromatic rings. The van der Waals surface area contributed by atoms with Gasteiger partial charge in [-0.25, -0.2) is 4.98 Å². The number of imidazole rings is 1. The lowest BCUT2D eigenvalue weighted by Crippen LogP contribution is -2.24. The highest BCUT2D eigenvalue weighted by Crippen LogP contribution is 2.06. The molecule has 4 heteroatoms. The molecule has 0 aliphatic heterocycles. The van der Waals surface area contributed by atoms with Crippen molar-refractivity contribution in [3.63, 3.8) is 0 Å². The predicted molar refractivity (Wildman–Crippen MR) is 74.4 cm³/mol. The maximum absolute atomic E-state index is 11.5. The van der Waals surface area contributed by atoms with Crippen molar-refractivity contribution in [2.24, 2.45) is 0 Å². The molecule has 0 unspecified atom stereocenters. The third-order valence-electron chi connectivity index (χ3n) is 2.81. The molecule has 1 amide bonds. The SMILES string of the molecule is C=C(C)C(=O)NCc1cncn1Cc1ccccc1. The van der Waals surface area contributed by atoms with Gasteiger partial charge in [0.15, 0.2) is 0 Å². The van der Waals surface area contributed by atoms with Crippen molar-refractivity contribution in [1.29, 1.82) is 0 Å². The molecule has 1 aromatic carbocycles. The standard InChI is InChI=1S/C15H17N3O/c1-12(2)15(19)17-9-14-8-16-11-18(14)10-13-6-4-3-5-7-13/h3-8,11H,1,9-10H2,2H3,(H,17,19). The molecule has 0 fully saturated rings. The van der Waals surface area contributed by atoms with Gasteiger partial charge in [0.05, 0.1) is 18.6 Å². The molecule has 1 N–H and O–H groups in total.